The molecular formula is C13H24O4. The van der Waals surface area contributed by atoms with E-state index in [1.807, 2.05) is 13.8 Å². The highest BCUT2D eigenvalue weighted by Gasteiger charge is 2.30. The first kappa shape index (κ1) is 14.5. The third-order valence-electron chi connectivity index (χ3n) is 3.88. The van der Waals surface area contributed by atoms with Crippen LogP contribution in [-0.4, -0.2) is 34.5 Å². The number of carbonyl (C=O) groups is 1. The van der Waals surface area contributed by atoms with Gasteiger partial charge in [-0.25, -0.2) is 0 Å². The smallest absolute Gasteiger partial charge is 0.306 e. The molecule has 0 radical (unpaired) electrons. The average Bonchev–Trinajstić information content (AvgIpc) is 2.27. The molecule has 1 aliphatic rings. The van der Waals surface area contributed by atoms with Gasteiger partial charge in [0.05, 0.1) is 24.2 Å². The summed E-state index contributed by atoms with van der Waals surface area (Å²) in [5.74, 6) is -0.754. The van der Waals surface area contributed by atoms with Crippen molar-refractivity contribution in [1.29, 1.82) is 0 Å². The van der Waals surface area contributed by atoms with Crippen molar-refractivity contribution in [2.24, 2.45) is 11.8 Å². The molecule has 0 aromatic carbocycles. The summed E-state index contributed by atoms with van der Waals surface area (Å²) in [5.41, 5.74) is -0.802. The molecule has 0 aliphatic heterocycles. The summed E-state index contributed by atoms with van der Waals surface area (Å²) in [5, 5.41) is 18.9. The first-order chi connectivity index (χ1) is 7.83. The fourth-order valence-electron chi connectivity index (χ4n) is 1.93. The van der Waals surface area contributed by atoms with Crippen LogP contribution in [0.2, 0.25) is 0 Å². The molecule has 0 heterocycles. The molecule has 100 valence electrons. The number of ether oxygens (including phenoxy) is 1. The first-order valence-corrected chi connectivity index (χ1v) is 6.39. The van der Waals surface area contributed by atoms with Gasteiger partial charge in [0.25, 0.3) is 0 Å². The summed E-state index contributed by atoms with van der Waals surface area (Å²) < 4.78 is 5.69. The fraction of sp³-hybridized carbons (Fsp3) is 0.923. The molecule has 4 nitrogen and oxygen atoms in total. The van der Waals surface area contributed by atoms with Crippen molar-refractivity contribution in [3.05, 3.63) is 0 Å². The molecule has 1 atom stereocenters. The Labute approximate surface area is 103 Å². The molecule has 1 saturated carbocycles. The molecule has 1 rings (SSSR count). The predicted octanol–water partition coefficient (Wildman–Crippen LogP) is 2.05. The van der Waals surface area contributed by atoms with Crippen molar-refractivity contribution in [2.75, 3.05) is 6.61 Å². The van der Waals surface area contributed by atoms with Gasteiger partial charge in [0.1, 0.15) is 0 Å². The lowest BCUT2D eigenvalue weighted by atomic mass is 9.87. The van der Waals surface area contributed by atoms with E-state index in [-0.39, 0.29) is 17.9 Å². The number of hydrogen-bond donors (Lipinski definition) is 2. The maximum absolute atomic E-state index is 10.8. The molecule has 4 heteroatoms. The summed E-state index contributed by atoms with van der Waals surface area (Å²) in [7, 11) is 0. The monoisotopic (exact) mass is 244 g/mol. The number of aliphatic hydroxyl groups is 1. The molecule has 1 fully saturated rings. The van der Waals surface area contributed by atoms with E-state index >= 15 is 0 Å². The molecule has 2 N–H and O–H groups in total. The normalized spacial score (nSPS) is 29.0. The van der Waals surface area contributed by atoms with Gasteiger partial charge < -0.3 is 14.9 Å². The third kappa shape index (κ3) is 4.28. The summed E-state index contributed by atoms with van der Waals surface area (Å²) in [6.07, 6.45) is 3.04. The van der Waals surface area contributed by atoms with Crippen LogP contribution in [-0.2, 0) is 9.53 Å². The van der Waals surface area contributed by atoms with E-state index in [1.54, 1.807) is 6.92 Å². The highest BCUT2D eigenvalue weighted by molar-refractivity contribution is 5.70. The molecule has 0 aromatic rings. The molecular weight excluding hydrogens is 220 g/mol. The van der Waals surface area contributed by atoms with E-state index in [0.717, 1.165) is 12.8 Å². The Morgan fingerprint density at radius 3 is 2.29 bits per heavy atom. The van der Waals surface area contributed by atoms with E-state index in [2.05, 4.69) is 0 Å². The Morgan fingerprint density at radius 1 is 1.35 bits per heavy atom. The Morgan fingerprint density at radius 2 is 1.88 bits per heavy atom. The van der Waals surface area contributed by atoms with Crippen LogP contribution in [0.5, 0.6) is 0 Å². The molecule has 0 amide bonds. The third-order valence-corrected chi connectivity index (χ3v) is 3.88. The Kier molecular flexibility index (Phi) is 4.95. The van der Waals surface area contributed by atoms with Crippen molar-refractivity contribution in [3.63, 3.8) is 0 Å². The summed E-state index contributed by atoms with van der Waals surface area (Å²) in [6.45, 7) is 6.03. The molecule has 1 aliphatic carbocycles. The van der Waals surface area contributed by atoms with Gasteiger partial charge >= 0.3 is 5.97 Å². The minimum Gasteiger partial charge on any atom is -0.481 e. The lowest BCUT2D eigenvalue weighted by Crippen LogP contribution is -2.39. The SMILES string of the molecule is CC(C)C(C)(O)COC1CCC(C(=O)O)CC1. The zero-order valence-corrected chi connectivity index (χ0v) is 11.0. The second-order valence-electron chi connectivity index (χ2n) is 5.63. The van der Waals surface area contributed by atoms with E-state index in [4.69, 9.17) is 9.84 Å². The molecule has 0 saturated heterocycles. The average molecular weight is 244 g/mol. The van der Waals surface area contributed by atoms with Gasteiger partial charge in [-0.05, 0) is 38.5 Å². The largest absolute Gasteiger partial charge is 0.481 e. The summed E-state index contributed by atoms with van der Waals surface area (Å²) in [4.78, 5) is 10.8. The van der Waals surface area contributed by atoms with E-state index in [1.165, 1.54) is 0 Å². The van der Waals surface area contributed by atoms with Gasteiger partial charge in [-0.15, -0.1) is 0 Å². The molecule has 0 bridgehead atoms. The second kappa shape index (κ2) is 5.83. The number of carboxylic acids is 1. The lowest BCUT2D eigenvalue weighted by molar-refractivity contribution is -0.145. The Hall–Kier alpha value is -0.610. The van der Waals surface area contributed by atoms with Gasteiger partial charge in [-0.1, -0.05) is 13.8 Å². The Bertz CT molecular complexity index is 252. The minimum absolute atomic E-state index is 0.107. The number of carboxylic acid groups (broad SMARTS) is 1. The van der Waals surface area contributed by atoms with Crippen molar-refractivity contribution in [1.82, 2.24) is 0 Å². The number of rotatable bonds is 5. The predicted molar refractivity (Wildman–Crippen MR) is 64.8 cm³/mol. The highest BCUT2D eigenvalue weighted by atomic mass is 16.5. The van der Waals surface area contributed by atoms with Gasteiger partial charge in [0, 0.05) is 0 Å². The highest BCUT2D eigenvalue weighted by Crippen LogP contribution is 2.27. The van der Waals surface area contributed by atoms with Crippen LogP contribution in [0.4, 0.5) is 0 Å². The van der Waals surface area contributed by atoms with E-state index in [9.17, 15) is 9.90 Å². The van der Waals surface area contributed by atoms with Crippen molar-refractivity contribution in [3.8, 4) is 0 Å². The molecule has 1 unspecified atom stereocenters. The zero-order valence-electron chi connectivity index (χ0n) is 11.0. The maximum Gasteiger partial charge on any atom is 0.306 e. The van der Waals surface area contributed by atoms with Gasteiger partial charge in [-0.2, -0.15) is 0 Å². The van der Waals surface area contributed by atoms with Gasteiger partial charge in [0.2, 0.25) is 0 Å². The van der Waals surface area contributed by atoms with Crippen LogP contribution in [0.25, 0.3) is 0 Å². The van der Waals surface area contributed by atoms with Crippen molar-refractivity contribution < 1.29 is 19.7 Å². The maximum atomic E-state index is 10.8. The topological polar surface area (TPSA) is 66.8 Å². The second-order valence-corrected chi connectivity index (χ2v) is 5.63. The van der Waals surface area contributed by atoms with E-state index < -0.39 is 11.6 Å². The summed E-state index contributed by atoms with van der Waals surface area (Å²) in [6, 6.07) is 0. The van der Waals surface area contributed by atoms with Gasteiger partial charge in [-0.3, -0.25) is 4.79 Å². The van der Waals surface area contributed by atoms with Crippen LogP contribution in [0.3, 0.4) is 0 Å². The molecule has 0 spiro atoms. The Balaban J connectivity index is 2.29. The number of aliphatic carboxylic acids is 1. The quantitative estimate of drug-likeness (QED) is 0.776. The summed E-state index contributed by atoms with van der Waals surface area (Å²) >= 11 is 0. The molecule has 0 aromatic heterocycles. The van der Waals surface area contributed by atoms with E-state index in [0.29, 0.717) is 19.4 Å². The van der Waals surface area contributed by atoms with Crippen LogP contribution >= 0.6 is 0 Å². The van der Waals surface area contributed by atoms with Gasteiger partial charge in [0.15, 0.2) is 0 Å². The van der Waals surface area contributed by atoms with Crippen LogP contribution in [0.15, 0.2) is 0 Å². The van der Waals surface area contributed by atoms with Crippen LogP contribution < -0.4 is 0 Å². The van der Waals surface area contributed by atoms with Crippen molar-refractivity contribution >= 4 is 5.97 Å². The first-order valence-electron chi connectivity index (χ1n) is 6.39. The zero-order chi connectivity index (χ0) is 13.1. The fourth-order valence-corrected chi connectivity index (χ4v) is 1.93. The lowest BCUT2D eigenvalue weighted by Gasteiger charge is -2.32. The minimum atomic E-state index is -0.802. The number of hydrogen-bond acceptors (Lipinski definition) is 3. The van der Waals surface area contributed by atoms with Crippen LogP contribution in [0.1, 0.15) is 46.5 Å². The van der Waals surface area contributed by atoms with Crippen LogP contribution in [0, 0.1) is 11.8 Å². The standard InChI is InChI=1S/C13H24O4/c1-9(2)13(3,16)8-17-11-6-4-10(5-7-11)12(14)15/h9-11,16H,4-8H2,1-3H3,(H,14,15). The molecule has 17 heavy (non-hydrogen) atoms. The van der Waals surface area contributed by atoms with Crippen molar-refractivity contribution in [2.45, 2.75) is 58.2 Å².